The molecule has 12 aromatic rings. The lowest BCUT2D eigenvalue weighted by molar-refractivity contribution is 1.25. The third kappa shape index (κ3) is 10.4. The van der Waals surface area contributed by atoms with Crippen LogP contribution in [0.2, 0.25) is 0 Å². The highest BCUT2D eigenvalue weighted by atomic mass is 14.3. The van der Waals surface area contributed by atoms with Gasteiger partial charge in [0.1, 0.15) is 0 Å². The number of benzene rings is 12. The van der Waals surface area contributed by atoms with Gasteiger partial charge in [-0.3, -0.25) is 0 Å². The second-order valence-corrected chi connectivity index (χ2v) is 23.9. The fourth-order valence-electron chi connectivity index (χ4n) is 14.2. The maximum Gasteiger partial charge on any atom is 0.243 e. The molecular weight excluding hydrogens is 1020 g/mol. The van der Waals surface area contributed by atoms with Crippen LogP contribution in [0.5, 0.6) is 0 Å². The molecule has 0 heterocycles. The molecule has 0 aromatic heterocycles. The van der Waals surface area contributed by atoms with Gasteiger partial charge in [0, 0.05) is 0 Å². The van der Waals surface area contributed by atoms with Crippen molar-refractivity contribution in [2.24, 2.45) is 0 Å². The summed E-state index contributed by atoms with van der Waals surface area (Å²) in [6, 6.07) is 87.0. The van der Waals surface area contributed by atoms with Crippen LogP contribution in [0.4, 0.5) is 0 Å². The Labute approximate surface area is 506 Å². The third-order valence-corrected chi connectivity index (χ3v) is 19.2. The van der Waals surface area contributed by atoms with Crippen molar-refractivity contribution in [3.63, 3.8) is 0 Å². The molecule has 0 radical (unpaired) electrons. The predicted molar refractivity (Wildman–Crippen MR) is 370 cm³/mol. The minimum Gasteiger partial charge on any atom is -0.0623 e. The van der Waals surface area contributed by atoms with Crippen LogP contribution in [0, 0.1) is 83.1 Å². The Morgan fingerprint density at radius 1 is 0.153 bits per heavy atom. The zero-order chi connectivity index (χ0) is 59.2. The fraction of sp³-hybridized carbons (Fsp3) is 0.143. The Balaban J connectivity index is 1.12. The molecule has 0 atom stereocenters. The molecule has 0 amide bonds. The van der Waals surface area contributed by atoms with E-state index in [-0.39, 0.29) is 6.71 Å². The van der Waals surface area contributed by atoms with Gasteiger partial charge in [0.05, 0.1) is 0 Å². The molecule has 12 aromatic carbocycles. The van der Waals surface area contributed by atoms with Crippen LogP contribution in [0.1, 0.15) is 66.8 Å². The lowest BCUT2D eigenvalue weighted by Crippen LogP contribution is -2.58. The van der Waals surface area contributed by atoms with Crippen LogP contribution in [-0.4, -0.2) is 6.71 Å². The summed E-state index contributed by atoms with van der Waals surface area (Å²) >= 11 is 0. The first-order valence-electron chi connectivity index (χ1n) is 30.3. The largest absolute Gasteiger partial charge is 0.243 e. The van der Waals surface area contributed by atoms with Gasteiger partial charge in [-0.15, -0.1) is 0 Å². The lowest BCUT2D eigenvalue weighted by atomic mass is 9.32. The van der Waals surface area contributed by atoms with Crippen LogP contribution < -0.4 is 16.4 Å². The topological polar surface area (TPSA) is 0 Å². The molecule has 0 saturated carbocycles. The van der Waals surface area contributed by atoms with Crippen molar-refractivity contribution in [2.75, 3.05) is 0 Å². The summed E-state index contributed by atoms with van der Waals surface area (Å²) in [6.45, 7) is 28.8. The number of hydrogen-bond acceptors (Lipinski definition) is 0. The van der Waals surface area contributed by atoms with Crippen molar-refractivity contribution in [2.45, 2.75) is 83.1 Å². The summed E-state index contributed by atoms with van der Waals surface area (Å²) < 4.78 is 0. The number of hydrogen-bond donors (Lipinski definition) is 0. The Hall–Kier alpha value is -9.30. The van der Waals surface area contributed by atoms with Crippen LogP contribution in [0.3, 0.4) is 0 Å². The summed E-state index contributed by atoms with van der Waals surface area (Å²) in [5.74, 6) is 0. The molecule has 0 aliphatic rings. The monoisotopic (exact) mass is 1090 g/mol. The molecule has 0 unspecified atom stereocenters. The molecule has 414 valence electrons. The Bertz CT molecular complexity index is 3750. The Morgan fingerprint density at radius 3 is 0.447 bits per heavy atom. The SMILES string of the molecule is Cc1c(C)c(-c2cc(-c3ccccc3)cc(-c3ccccc3)c2)c(C)c(C)c1B(c1c(C)c(C)c(-c2cc(-c3ccccc3)cc(-c3ccccc3)c2)c(C)c1C)c1c(C)c(C)c(-c2cc(-c3ccccc3)cc(-c3ccccc3)c2)c(C)c1C. The van der Waals surface area contributed by atoms with Crippen LogP contribution in [0.25, 0.3) is 100 Å². The zero-order valence-electron chi connectivity index (χ0n) is 51.6. The maximum atomic E-state index is 2.43. The van der Waals surface area contributed by atoms with Gasteiger partial charge in [-0.25, -0.2) is 0 Å². The van der Waals surface area contributed by atoms with E-state index in [9.17, 15) is 0 Å². The van der Waals surface area contributed by atoms with E-state index in [0.717, 1.165) is 0 Å². The van der Waals surface area contributed by atoms with Gasteiger partial charge < -0.3 is 0 Å². The highest BCUT2D eigenvalue weighted by Gasteiger charge is 2.36. The van der Waals surface area contributed by atoms with Crippen molar-refractivity contribution in [3.05, 3.63) is 303 Å². The molecule has 0 aliphatic carbocycles. The van der Waals surface area contributed by atoms with Crippen molar-refractivity contribution in [3.8, 4) is 100 Å². The molecule has 0 spiro atoms. The average molecular weight is 1100 g/mol. The minimum atomic E-state index is -0.0778. The summed E-state index contributed by atoms with van der Waals surface area (Å²) in [5, 5.41) is 0. The standard InChI is InChI=1S/C84H75B/c1-52-58(7)82(59(8)53(2)79(52)76-46-70(64-31-19-13-20-32-64)43-71(47-76)65-33-21-14-22-34-65)85(83-60(9)54(3)80(55(4)61(83)10)77-48-72(66-35-23-15-24-36-66)44-73(49-77)67-37-25-16-26-38-67)84-62(11)56(5)81(57(6)63(84)12)78-50-74(68-39-27-17-28-40-68)45-75(51-78)69-41-29-18-30-42-69/h13-51H,1-12H3. The average Bonchev–Trinajstić information content (AvgIpc) is 1.75. The summed E-state index contributed by atoms with van der Waals surface area (Å²) in [4.78, 5) is 0. The molecule has 1 heteroatoms. The van der Waals surface area contributed by atoms with Gasteiger partial charge in [-0.2, -0.15) is 0 Å². The van der Waals surface area contributed by atoms with Crippen LogP contribution in [0.15, 0.2) is 237 Å². The predicted octanol–water partition coefficient (Wildman–Crippen LogP) is 20.9. The lowest BCUT2D eigenvalue weighted by Gasteiger charge is -2.33. The first kappa shape index (κ1) is 56.2. The normalized spacial score (nSPS) is 11.3. The third-order valence-electron chi connectivity index (χ3n) is 19.2. The first-order valence-corrected chi connectivity index (χ1v) is 30.3. The highest BCUT2D eigenvalue weighted by Crippen LogP contribution is 2.42. The summed E-state index contributed by atoms with van der Waals surface area (Å²) in [6.07, 6.45) is 0. The quantitative estimate of drug-likeness (QED) is 0.107. The van der Waals surface area contributed by atoms with E-state index in [2.05, 4.69) is 320 Å². The van der Waals surface area contributed by atoms with Crippen molar-refractivity contribution >= 4 is 23.1 Å². The van der Waals surface area contributed by atoms with Gasteiger partial charge in [0.15, 0.2) is 0 Å². The van der Waals surface area contributed by atoms with Gasteiger partial charge in [0.2, 0.25) is 6.71 Å². The van der Waals surface area contributed by atoms with Crippen molar-refractivity contribution < 1.29 is 0 Å². The van der Waals surface area contributed by atoms with E-state index in [1.54, 1.807) is 0 Å². The van der Waals surface area contributed by atoms with Crippen molar-refractivity contribution in [1.29, 1.82) is 0 Å². The van der Waals surface area contributed by atoms with E-state index in [1.807, 2.05) is 0 Å². The fourth-order valence-corrected chi connectivity index (χ4v) is 14.2. The molecule has 0 nitrogen and oxygen atoms in total. The van der Waals surface area contributed by atoms with Crippen LogP contribution in [-0.2, 0) is 0 Å². The van der Waals surface area contributed by atoms with E-state index >= 15 is 0 Å². The second-order valence-electron chi connectivity index (χ2n) is 23.9. The van der Waals surface area contributed by atoms with Gasteiger partial charge in [-0.05, 0) is 271 Å². The zero-order valence-corrected chi connectivity index (χ0v) is 51.6. The molecule has 12 rings (SSSR count). The molecule has 0 aliphatic heterocycles. The number of rotatable bonds is 12. The maximum absolute atomic E-state index is 2.43. The van der Waals surface area contributed by atoms with E-state index in [0.29, 0.717) is 0 Å². The molecule has 0 saturated heterocycles. The second kappa shape index (κ2) is 23.4. The molecule has 0 N–H and O–H groups in total. The van der Waals surface area contributed by atoms with E-state index < -0.39 is 0 Å². The highest BCUT2D eigenvalue weighted by molar-refractivity contribution is 6.97. The molecule has 0 fully saturated rings. The van der Waals surface area contributed by atoms with E-state index in [1.165, 1.54) is 183 Å². The first-order chi connectivity index (χ1) is 41.2. The Kier molecular flexibility index (Phi) is 15.5. The van der Waals surface area contributed by atoms with Crippen molar-refractivity contribution in [1.82, 2.24) is 0 Å². The minimum absolute atomic E-state index is 0.0778. The summed E-state index contributed by atoms with van der Waals surface area (Å²) in [7, 11) is 0. The van der Waals surface area contributed by atoms with Gasteiger partial charge in [0.25, 0.3) is 0 Å². The molecule has 0 bridgehead atoms. The molecular formula is C84H75B. The van der Waals surface area contributed by atoms with E-state index in [4.69, 9.17) is 0 Å². The smallest absolute Gasteiger partial charge is 0.0623 e. The van der Waals surface area contributed by atoms with Crippen LogP contribution >= 0.6 is 0 Å². The Morgan fingerprint density at radius 2 is 0.294 bits per heavy atom. The summed E-state index contributed by atoms with van der Waals surface area (Å²) in [5.41, 5.74) is 42.6. The van der Waals surface area contributed by atoms with Gasteiger partial charge in [-0.1, -0.05) is 232 Å². The van der Waals surface area contributed by atoms with Gasteiger partial charge >= 0.3 is 0 Å². The molecule has 85 heavy (non-hydrogen) atoms.